The van der Waals surface area contributed by atoms with Crippen molar-refractivity contribution in [3.05, 3.63) is 88.9 Å². The average molecular weight is 409 g/mol. The summed E-state index contributed by atoms with van der Waals surface area (Å²) in [5.74, 6) is 0.0172. The largest absolute Gasteiger partial charge is 0.324 e. The highest BCUT2D eigenvalue weighted by atomic mass is 35.5. The zero-order valence-electron chi connectivity index (χ0n) is 15.4. The van der Waals surface area contributed by atoms with Gasteiger partial charge in [0.15, 0.2) is 0 Å². The second kappa shape index (κ2) is 8.82. The monoisotopic (exact) mass is 408 g/mol. The van der Waals surface area contributed by atoms with E-state index in [1.165, 1.54) is 11.1 Å². The summed E-state index contributed by atoms with van der Waals surface area (Å²) in [5, 5.41) is 3.80. The van der Waals surface area contributed by atoms with Crippen LogP contribution in [-0.2, 0) is 17.8 Å². The normalized spacial score (nSPS) is 13.8. The first-order valence-corrected chi connectivity index (χ1v) is 10.5. The van der Waals surface area contributed by atoms with E-state index in [1.54, 1.807) is 11.8 Å². The maximum absolute atomic E-state index is 12.7. The van der Waals surface area contributed by atoms with Crippen molar-refractivity contribution in [1.29, 1.82) is 0 Å². The lowest BCUT2D eigenvalue weighted by Gasteiger charge is -2.28. The van der Waals surface area contributed by atoms with Gasteiger partial charge < -0.3 is 5.32 Å². The van der Waals surface area contributed by atoms with E-state index in [0.717, 1.165) is 35.0 Å². The standard InChI is InChI=1S/C23H21ClN2OS/c24-19-9-11-20(12-10-19)28-22-8-4-3-7-21(22)25-23(27)16-26-14-13-17-5-1-2-6-18(17)15-26/h1-12H,13-16H2,(H,25,27). The molecular weight excluding hydrogens is 388 g/mol. The molecule has 1 heterocycles. The van der Waals surface area contributed by atoms with Crippen molar-refractivity contribution in [1.82, 2.24) is 4.90 Å². The molecule has 3 aromatic rings. The van der Waals surface area contributed by atoms with Gasteiger partial charge in [0.1, 0.15) is 0 Å². The van der Waals surface area contributed by atoms with Gasteiger partial charge in [-0.25, -0.2) is 0 Å². The topological polar surface area (TPSA) is 32.3 Å². The minimum atomic E-state index is 0.0172. The molecule has 1 aliphatic rings. The molecule has 5 heteroatoms. The fourth-order valence-electron chi connectivity index (χ4n) is 3.37. The molecule has 3 aromatic carbocycles. The molecule has 1 aliphatic heterocycles. The Morgan fingerprint density at radius 3 is 2.50 bits per heavy atom. The van der Waals surface area contributed by atoms with Gasteiger partial charge in [-0.1, -0.05) is 59.8 Å². The molecule has 0 fully saturated rings. The van der Waals surface area contributed by atoms with Crippen LogP contribution in [-0.4, -0.2) is 23.9 Å². The minimum Gasteiger partial charge on any atom is -0.324 e. The molecule has 0 spiro atoms. The number of hydrogen-bond acceptors (Lipinski definition) is 3. The van der Waals surface area contributed by atoms with Crippen molar-refractivity contribution >= 4 is 35.0 Å². The fourth-order valence-corrected chi connectivity index (χ4v) is 4.40. The van der Waals surface area contributed by atoms with E-state index in [2.05, 4.69) is 34.5 Å². The molecule has 1 amide bonds. The number of rotatable bonds is 5. The highest BCUT2D eigenvalue weighted by Gasteiger charge is 2.18. The Bertz CT molecular complexity index is 974. The Labute approximate surface area is 174 Å². The SMILES string of the molecule is O=C(CN1CCc2ccccc2C1)Nc1ccccc1Sc1ccc(Cl)cc1. The molecule has 0 unspecified atom stereocenters. The number of halogens is 1. The Kier molecular flexibility index (Phi) is 6.01. The maximum Gasteiger partial charge on any atom is 0.238 e. The second-order valence-corrected chi connectivity index (χ2v) is 8.38. The summed E-state index contributed by atoms with van der Waals surface area (Å²) < 4.78 is 0. The molecular formula is C23H21ClN2OS. The molecule has 4 rings (SSSR count). The number of hydrogen-bond donors (Lipinski definition) is 1. The molecule has 0 aliphatic carbocycles. The predicted octanol–water partition coefficient (Wildman–Crippen LogP) is 5.49. The number of carbonyl (C=O) groups is 1. The summed E-state index contributed by atoms with van der Waals surface area (Å²) in [6, 6.07) is 24.1. The van der Waals surface area contributed by atoms with Crippen molar-refractivity contribution in [2.24, 2.45) is 0 Å². The zero-order valence-corrected chi connectivity index (χ0v) is 17.0. The lowest BCUT2D eigenvalue weighted by molar-refractivity contribution is -0.117. The lowest BCUT2D eigenvalue weighted by atomic mass is 10.00. The van der Waals surface area contributed by atoms with Crippen molar-refractivity contribution < 1.29 is 4.79 Å². The quantitative estimate of drug-likeness (QED) is 0.606. The number of nitrogens with zero attached hydrogens (tertiary/aromatic N) is 1. The molecule has 0 saturated heterocycles. The fraction of sp³-hybridized carbons (Fsp3) is 0.174. The van der Waals surface area contributed by atoms with Crippen molar-refractivity contribution in [2.45, 2.75) is 22.8 Å². The van der Waals surface area contributed by atoms with Crippen LogP contribution in [0.4, 0.5) is 5.69 Å². The Morgan fingerprint density at radius 2 is 1.68 bits per heavy atom. The second-order valence-electron chi connectivity index (χ2n) is 6.83. The zero-order chi connectivity index (χ0) is 19.3. The van der Waals surface area contributed by atoms with E-state index in [4.69, 9.17) is 11.6 Å². The van der Waals surface area contributed by atoms with Crippen LogP contribution >= 0.6 is 23.4 Å². The first-order chi connectivity index (χ1) is 13.7. The van der Waals surface area contributed by atoms with Gasteiger partial charge >= 0.3 is 0 Å². The molecule has 1 N–H and O–H groups in total. The maximum atomic E-state index is 12.7. The van der Waals surface area contributed by atoms with Crippen LogP contribution < -0.4 is 5.32 Å². The van der Waals surface area contributed by atoms with E-state index in [-0.39, 0.29) is 5.91 Å². The number of carbonyl (C=O) groups excluding carboxylic acids is 1. The highest BCUT2D eigenvalue weighted by molar-refractivity contribution is 7.99. The van der Waals surface area contributed by atoms with Gasteiger partial charge in [0, 0.05) is 27.9 Å². The minimum absolute atomic E-state index is 0.0172. The molecule has 0 aromatic heterocycles. The summed E-state index contributed by atoms with van der Waals surface area (Å²) in [6.45, 7) is 2.13. The number of amides is 1. The Morgan fingerprint density at radius 1 is 0.964 bits per heavy atom. The molecule has 0 bridgehead atoms. The first-order valence-electron chi connectivity index (χ1n) is 9.29. The van der Waals surface area contributed by atoms with Crippen LogP contribution in [0.2, 0.25) is 5.02 Å². The molecule has 3 nitrogen and oxygen atoms in total. The van der Waals surface area contributed by atoms with E-state index in [9.17, 15) is 4.79 Å². The van der Waals surface area contributed by atoms with Crippen molar-refractivity contribution in [3.63, 3.8) is 0 Å². The average Bonchev–Trinajstić information content (AvgIpc) is 2.71. The van der Waals surface area contributed by atoms with Crippen LogP contribution in [0.3, 0.4) is 0 Å². The number of nitrogens with one attached hydrogen (secondary N) is 1. The number of benzene rings is 3. The van der Waals surface area contributed by atoms with E-state index in [0.29, 0.717) is 11.6 Å². The van der Waals surface area contributed by atoms with Gasteiger partial charge in [0.2, 0.25) is 5.91 Å². The number of fused-ring (bicyclic) bond motifs is 1. The Hall–Kier alpha value is -2.27. The van der Waals surface area contributed by atoms with Crippen LogP contribution in [0.15, 0.2) is 82.6 Å². The van der Waals surface area contributed by atoms with E-state index in [1.807, 2.05) is 48.5 Å². The third-order valence-corrected chi connectivity index (χ3v) is 6.12. The first kappa shape index (κ1) is 19.1. The summed E-state index contributed by atoms with van der Waals surface area (Å²) in [6.07, 6.45) is 0.993. The van der Waals surface area contributed by atoms with Gasteiger partial charge in [-0.2, -0.15) is 0 Å². The van der Waals surface area contributed by atoms with Crippen LogP contribution in [0.5, 0.6) is 0 Å². The van der Waals surface area contributed by atoms with Crippen LogP contribution in [0, 0.1) is 0 Å². The summed E-state index contributed by atoms with van der Waals surface area (Å²) in [7, 11) is 0. The van der Waals surface area contributed by atoms with Crippen molar-refractivity contribution in [3.8, 4) is 0 Å². The molecule has 28 heavy (non-hydrogen) atoms. The van der Waals surface area contributed by atoms with Gasteiger partial charge in [-0.05, 0) is 53.9 Å². The van der Waals surface area contributed by atoms with Crippen LogP contribution in [0.25, 0.3) is 0 Å². The lowest BCUT2D eigenvalue weighted by Crippen LogP contribution is -2.37. The summed E-state index contributed by atoms with van der Waals surface area (Å²) in [4.78, 5) is 17.0. The highest BCUT2D eigenvalue weighted by Crippen LogP contribution is 2.34. The predicted molar refractivity (Wildman–Crippen MR) is 116 cm³/mol. The number of anilines is 1. The van der Waals surface area contributed by atoms with E-state index < -0.39 is 0 Å². The van der Waals surface area contributed by atoms with Gasteiger partial charge in [-0.3, -0.25) is 9.69 Å². The third-order valence-electron chi connectivity index (χ3n) is 4.78. The molecule has 0 atom stereocenters. The van der Waals surface area contributed by atoms with Gasteiger partial charge in [0.05, 0.1) is 12.2 Å². The van der Waals surface area contributed by atoms with Crippen molar-refractivity contribution in [2.75, 3.05) is 18.4 Å². The van der Waals surface area contributed by atoms with Gasteiger partial charge in [-0.15, -0.1) is 0 Å². The van der Waals surface area contributed by atoms with Crippen LogP contribution in [0.1, 0.15) is 11.1 Å². The number of para-hydroxylation sites is 1. The molecule has 142 valence electrons. The van der Waals surface area contributed by atoms with Gasteiger partial charge in [0.25, 0.3) is 0 Å². The molecule has 0 saturated carbocycles. The molecule has 0 radical (unpaired) electrons. The summed E-state index contributed by atoms with van der Waals surface area (Å²) >= 11 is 7.58. The Balaban J connectivity index is 1.40. The smallest absolute Gasteiger partial charge is 0.238 e. The van der Waals surface area contributed by atoms with E-state index >= 15 is 0 Å². The summed E-state index contributed by atoms with van der Waals surface area (Å²) in [5.41, 5.74) is 3.55. The third kappa shape index (κ3) is 4.76.